The monoisotopic (exact) mass is 295 g/mol. The third-order valence-electron chi connectivity index (χ3n) is 3.38. The first-order valence-corrected chi connectivity index (χ1v) is 7.03. The maximum atomic E-state index is 12.2. The number of nitrogens with one attached hydrogen (secondary N) is 3. The van der Waals surface area contributed by atoms with Crippen LogP contribution >= 0.6 is 11.6 Å². The van der Waals surface area contributed by atoms with Crippen molar-refractivity contribution >= 4 is 29.1 Å². The molecule has 5 nitrogen and oxygen atoms in total. The van der Waals surface area contributed by atoms with E-state index in [1.165, 1.54) is 0 Å². The number of amides is 2. The lowest BCUT2D eigenvalue weighted by Crippen LogP contribution is -2.37. The van der Waals surface area contributed by atoms with E-state index in [9.17, 15) is 9.59 Å². The van der Waals surface area contributed by atoms with Gasteiger partial charge in [0.2, 0.25) is 5.91 Å². The van der Waals surface area contributed by atoms with Crippen LogP contribution in [0.4, 0.5) is 5.69 Å². The van der Waals surface area contributed by atoms with E-state index in [1.807, 2.05) is 0 Å². The molecule has 1 aromatic rings. The van der Waals surface area contributed by atoms with E-state index >= 15 is 0 Å². The number of piperidine rings is 1. The Morgan fingerprint density at radius 3 is 2.85 bits per heavy atom. The van der Waals surface area contributed by atoms with E-state index in [0.717, 1.165) is 19.4 Å². The first-order valence-electron chi connectivity index (χ1n) is 6.65. The molecule has 1 heterocycles. The maximum Gasteiger partial charge on any atom is 0.253 e. The van der Waals surface area contributed by atoms with Crippen molar-refractivity contribution in [1.29, 1.82) is 0 Å². The number of benzene rings is 1. The van der Waals surface area contributed by atoms with Gasteiger partial charge in [0.05, 0.1) is 17.2 Å². The van der Waals surface area contributed by atoms with Crippen molar-refractivity contribution in [2.24, 2.45) is 5.92 Å². The normalized spacial score (nSPS) is 18.4. The summed E-state index contributed by atoms with van der Waals surface area (Å²) < 4.78 is 0. The van der Waals surface area contributed by atoms with Gasteiger partial charge in [-0.15, -0.1) is 0 Å². The molecule has 0 aromatic heterocycles. The molecule has 0 saturated carbocycles. The first kappa shape index (κ1) is 14.8. The maximum absolute atomic E-state index is 12.2. The van der Waals surface area contributed by atoms with Crippen LogP contribution < -0.4 is 16.0 Å². The van der Waals surface area contributed by atoms with Gasteiger partial charge in [-0.25, -0.2) is 0 Å². The molecule has 1 aliphatic heterocycles. The summed E-state index contributed by atoms with van der Waals surface area (Å²) in [7, 11) is 1.54. The second-order valence-corrected chi connectivity index (χ2v) is 5.24. The molecule has 2 amide bonds. The van der Waals surface area contributed by atoms with Crippen LogP contribution in [0.3, 0.4) is 0 Å². The number of carbonyl (C=O) groups excluding carboxylic acids is 2. The van der Waals surface area contributed by atoms with Crippen LogP contribution in [0.15, 0.2) is 18.2 Å². The molecule has 1 atom stereocenters. The van der Waals surface area contributed by atoms with E-state index < -0.39 is 0 Å². The van der Waals surface area contributed by atoms with Gasteiger partial charge in [0.25, 0.3) is 5.91 Å². The Bertz CT molecular complexity index is 513. The predicted molar refractivity (Wildman–Crippen MR) is 79.1 cm³/mol. The van der Waals surface area contributed by atoms with E-state index in [1.54, 1.807) is 25.2 Å². The lowest BCUT2D eigenvalue weighted by Gasteiger charge is -2.22. The molecule has 6 heteroatoms. The van der Waals surface area contributed by atoms with E-state index in [-0.39, 0.29) is 17.7 Å². The summed E-state index contributed by atoms with van der Waals surface area (Å²) in [6, 6.07) is 4.86. The summed E-state index contributed by atoms with van der Waals surface area (Å²) in [5.74, 6) is -0.397. The van der Waals surface area contributed by atoms with Crippen molar-refractivity contribution in [1.82, 2.24) is 10.6 Å². The van der Waals surface area contributed by atoms with Gasteiger partial charge in [0.1, 0.15) is 0 Å². The molecule has 1 aliphatic rings. The molecule has 0 spiro atoms. The van der Waals surface area contributed by atoms with E-state index in [0.29, 0.717) is 22.8 Å². The molecule has 1 aromatic carbocycles. The summed E-state index contributed by atoms with van der Waals surface area (Å²) in [5, 5.41) is 9.02. The Balaban J connectivity index is 2.15. The molecule has 1 saturated heterocycles. The average molecular weight is 296 g/mol. The highest BCUT2D eigenvalue weighted by molar-refractivity contribution is 6.31. The van der Waals surface area contributed by atoms with Gasteiger partial charge in [0, 0.05) is 18.6 Å². The standard InChI is InChI=1S/C14H18ClN3O2/c1-16-14(20)11-7-10(15)4-5-12(11)18-13(19)9-3-2-6-17-8-9/h4-5,7,9,17H,2-3,6,8H2,1H3,(H,16,20)(H,18,19). The van der Waals surface area contributed by atoms with Crippen molar-refractivity contribution in [3.63, 3.8) is 0 Å². The molecule has 0 bridgehead atoms. The Kier molecular flexibility index (Phi) is 4.98. The fraction of sp³-hybridized carbons (Fsp3) is 0.429. The zero-order chi connectivity index (χ0) is 14.5. The summed E-state index contributed by atoms with van der Waals surface area (Å²) >= 11 is 5.90. The van der Waals surface area contributed by atoms with E-state index in [4.69, 9.17) is 11.6 Å². The molecule has 0 radical (unpaired) electrons. The Morgan fingerprint density at radius 1 is 1.40 bits per heavy atom. The fourth-order valence-electron chi connectivity index (χ4n) is 2.26. The Labute approximate surface area is 123 Å². The van der Waals surface area contributed by atoms with Crippen molar-refractivity contribution in [3.05, 3.63) is 28.8 Å². The summed E-state index contributed by atoms with van der Waals surface area (Å²) in [5.41, 5.74) is 0.862. The summed E-state index contributed by atoms with van der Waals surface area (Å²) in [6.07, 6.45) is 1.85. The minimum Gasteiger partial charge on any atom is -0.355 e. The minimum atomic E-state index is -0.274. The zero-order valence-corrected chi connectivity index (χ0v) is 12.1. The number of rotatable bonds is 3. The molecule has 108 valence electrons. The van der Waals surface area contributed by atoms with Crippen LogP contribution in [0.2, 0.25) is 5.02 Å². The molecule has 2 rings (SSSR count). The Hall–Kier alpha value is -1.59. The zero-order valence-electron chi connectivity index (χ0n) is 11.3. The lowest BCUT2D eigenvalue weighted by atomic mass is 9.98. The van der Waals surface area contributed by atoms with Gasteiger partial charge in [-0.1, -0.05) is 11.6 Å². The number of hydrogen-bond donors (Lipinski definition) is 3. The molecule has 3 N–H and O–H groups in total. The van der Waals surface area contributed by atoms with Crippen LogP contribution in [-0.4, -0.2) is 32.0 Å². The number of carbonyl (C=O) groups is 2. The van der Waals surface area contributed by atoms with Crippen molar-refractivity contribution < 1.29 is 9.59 Å². The van der Waals surface area contributed by atoms with Crippen LogP contribution in [0.25, 0.3) is 0 Å². The number of halogens is 1. The van der Waals surface area contributed by atoms with Gasteiger partial charge >= 0.3 is 0 Å². The molecule has 1 unspecified atom stereocenters. The number of hydrogen-bond acceptors (Lipinski definition) is 3. The van der Waals surface area contributed by atoms with Crippen molar-refractivity contribution in [2.45, 2.75) is 12.8 Å². The minimum absolute atomic E-state index is 0.0584. The second kappa shape index (κ2) is 6.72. The fourth-order valence-corrected chi connectivity index (χ4v) is 2.43. The van der Waals surface area contributed by atoms with Gasteiger partial charge < -0.3 is 16.0 Å². The molecular formula is C14H18ClN3O2. The molecular weight excluding hydrogens is 278 g/mol. The van der Waals surface area contributed by atoms with Crippen molar-refractivity contribution in [2.75, 3.05) is 25.5 Å². The average Bonchev–Trinajstić information content (AvgIpc) is 2.49. The molecule has 1 fully saturated rings. The SMILES string of the molecule is CNC(=O)c1cc(Cl)ccc1NC(=O)C1CCCNC1. The van der Waals surface area contributed by atoms with E-state index in [2.05, 4.69) is 16.0 Å². The summed E-state index contributed by atoms with van der Waals surface area (Å²) in [4.78, 5) is 24.0. The van der Waals surface area contributed by atoms with Gasteiger partial charge in [0.15, 0.2) is 0 Å². The third-order valence-corrected chi connectivity index (χ3v) is 3.61. The smallest absolute Gasteiger partial charge is 0.253 e. The van der Waals surface area contributed by atoms with Crippen LogP contribution in [-0.2, 0) is 4.79 Å². The second-order valence-electron chi connectivity index (χ2n) is 4.80. The highest BCUT2D eigenvalue weighted by atomic mass is 35.5. The number of anilines is 1. The van der Waals surface area contributed by atoms with Crippen molar-refractivity contribution in [3.8, 4) is 0 Å². The predicted octanol–water partition coefficient (Wildman–Crippen LogP) is 1.64. The van der Waals surface area contributed by atoms with Gasteiger partial charge in [-0.05, 0) is 37.6 Å². The third kappa shape index (κ3) is 3.49. The first-order chi connectivity index (χ1) is 9.61. The van der Waals surface area contributed by atoms with Crippen LogP contribution in [0, 0.1) is 5.92 Å². The quantitative estimate of drug-likeness (QED) is 0.794. The van der Waals surface area contributed by atoms with Gasteiger partial charge in [-0.2, -0.15) is 0 Å². The largest absolute Gasteiger partial charge is 0.355 e. The highest BCUT2D eigenvalue weighted by Gasteiger charge is 2.22. The van der Waals surface area contributed by atoms with Crippen LogP contribution in [0.1, 0.15) is 23.2 Å². The lowest BCUT2D eigenvalue weighted by molar-refractivity contribution is -0.120. The van der Waals surface area contributed by atoms with Gasteiger partial charge in [-0.3, -0.25) is 9.59 Å². The highest BCUT2D eigenvalue weighted by Crippen LogP contribution is 2.22. The topological polar surface area (TPSA) is 70.2 Å². The summed E-state index contributed by atoms with van der Waals surface area (Å²) in [6.45, 7) is 1.63. The molecule has 20 heavy (non-hydrogen) atoms. The van der Waals surface area contributed by atoms with Crippen LogP contribution in [0.5, 0.6) is 0 Å². The Morgan fingerprint density at radius 2 is 2.20 bits per heavy atom. The molecule has 0 aliphatic carbocycles.